The van der Waals surface area contributed by atoms with E-state index in [1.54, 1.807) is 23.9 Å². The molecule has 0 aliphatic carbocycles. The van der Waals surface area contributed by atoms with Crippen LogP contribution in [0.15, 0.2) is 57.2 Å². The number of rotatable bonds is 5. The van der Waals surface area contributed by atoms with E-state index in [1.807, 2.05) is 30.5 Å². The number of carbonyl (C=O) groups is 2. The van der Waals surface area contributed by atoms with Crippen molar-refractivity contribution in [1.29, 1.82) is 0 Å². The van der Waals surface area contributed by atoms with Gasteiger partial charge >= 0.3 is 0 Å². The van der Waals surface area contributed by atoms with Crippen LogP contribution in [0.4, 0.5) is 11.4 Å². The van der Waals surface area contributed by atoms with E-state index in [0.717, 1.165) is 15.5 Å². The number of hydrogen-bond donors (Lipinski definition) is 2. The topological polar surface area (TPSA) is 95.6 Å². The highest BCUT2D eigenvalue weighted by atomic mass is 32.2. The van der Waals surface area contributed by atoms with Crippen LogP contribution in [0.1, 0.15) is 12.8 Å². The Morgan fingerprint density at radius 2 is 1.97 bits per heavy atom. The van der Waals surface area contributed by atoms with Gasteiger partial charge in [-0.3, -0.25) is 9.59 Å². The number of fused-ring (bicyclic) bond motifs is 1. The van der Waals surface area contributed by atoms with E-state index in [9.17, 15) is 18.0 Å². The van der Waals surface area contributed by atoms with E-state index in [2.05, 4.69) is 10.6 Å². The smallest absolute Gasteiger partial charge is 0.243 e. The van der Waals surface area contributed by atoms with Gasteiger partial charge in [0.2, 0.25) is 21.8 Å². The molecule has 1 fully saturated rings. The number of hydrogen-bond acceptors (Lipinski definition) is 6. The average molecular weight is 478 g/mol. The van der Waals surface area contributed by atoms with Gasteiger partial charge in [0.15, 0.2) is 0 Å². The molecule has 10 heteroatoms. The van der Waals surface area contributed by atoms with Gasteiger partial charge in [-0.15, -0.1) is 23.5 Å². The third-order valence-electron chi connectivity index (χ3n) is 5.38. The molecule has 1 saturated heterocycles. The molecule has 0 radical (unpaired) electrons. The molecule has 0 unspecified atom stereocenters. The average Bonchev–Trinajstić information content (AvgIpc) is 2.78. The molecule has 2 aromatic carbocycles. The summed E-state index contributed by atoms with van der Waals surface area (Å²) in [5, 5.41) is 5.68. The van der Waals surface area contributed by atoms with Crippen LogP contribution in [0.3, 0.4) is 0 Å². The van der Waals surface area contributed by atoms with E-state index < -0.39 is 10.0 Å². The molecule has 0 bridgehead atoms. The van der Waals surface area contributed by atoms with Crippen LogP contribution in [-0.4, -0.2) is 49.6 Å². The van der Waals surface area contributed by atoms with Crippen LogP contribution in [-0.2, 0) is 19.6 Å². The van der Waals surface area contributed by atoms with Gasteiger partial charge < -0.3 is 10.6 Å². The molecule has 2 aliphatic rings. The Morgan fingerprint density at radius 3 is 2.71 bits per heavy atom. The molecule has 2 N–H and O–H groups in total. The van der Waals surface area contributed by atoms with E-state index in [0.29, 0.717) is 24.3 Å². The van der Waals surface area contributed by atoms with Crippen molar-refractivity contribution in [2.24, 2.45) is 5.92 Å². The molecule has 0 saturated carbocycles. The SMILES string of the molecule is CSc1cccc(NC(=O)C2CCN(S(=O)(=O)c3ccc4c(c3)NC(=O)CS4)CC2)c1. The number of carbonyl (C=O) groups excluding carboxylic acids is 2. The zero-order valence-corrected chi connectivity index (χ0v) is 19.4. The maximum Gasteiger partial charge on any atom is 0.243 e. The van der Waals surface area contributed by atoms with Crippen LogP contribution in [0.25, 0.3) is 0 Å². The second-order valence-corrected chi connectivity index (χ2v) is 11.2. The number of amides is 2. The number of piperidine rings is 1. The first-order valence-corrected chi connectivity index (χ1v) is 13.5. The normalized spacial score (nSPS) is 17.6. The Hall–Kier alpha value is -2.01. The summed E-state index contributed by atoms with van der Waals surface area (Å²) < 4.78 is 27.6. The number of benzene rings is 2. The molecule has 164 valence electrons. The molecular weight excluding hydrogens is 454 g/mol. The highest BCUT2D eigenvalue weighted by Crippen LogP contribution is 2.34. The lowest BCUT2D eigenvalue weighted by Crippen LogP contribution is -2.41. The molecule has 4 rings (SSSR count). The van der Waals surface area contributed by atoms with Crippen molar-refractivity contribution in [3.05, 3.63) is 42.5 Å². The maximum absolute atomic E-state index is 13.1. The van der Waals surface area contributed by atoms with Gasteiger partial charge in [0.25, 0.3) is 0 Å². The number of nitrogens with zero attached hydrogens (tertiary/aromatic N) is 1. The summed E-state index contributed by atoms with van der Waals surface area (Å²) in [6, 6.07) is 12.5. The third-order valence-corrected chi connectivity index (χ3v) is 9.08. The standard InChI is InChI=1S/C21H23N3O4S3/c1-29-16-4-2-3-15(11-16)22-21(26)14-7-9-24(10-8-14)31(27,28)17-5-6-19-18(12-17)23-20(25)13-30-19/h2-6,11-12,14H,7-10,13H2,1H3,(H,22,26)(H,23,25). The number of thioether (sulfide) groups is 2. The minimum atomic E-state index is -3.69. The van der Waals surface area contributed by atoms with Gasteiger partial charge in [-0.2, -0.15) is 4.31 Å². The summed E-state index contributed by atoms with van der Waals surface area (Å²) in [5.74, 6) is -0.120. The van der Waals surface area contributed by atoms with Gasteiger partial charge in [0.1, 0.15) is 0 Å². The lowest BCUT2D eigenvalue weighted by molar-refractivity contribution is -0.121. The Balaban J connectivity index is 1.40. The van der Waals surface area contributed by atoms with Crippen LogP contribution in [0, 0.1) is 5.92 Å². The largest absolute Gasteiger partial charge is 0.326 e. The highest BCUT2D eigenvalue weighted by molar-refractivity contribution is 8.00. The predicted molar refractivity (Wildman–Crippen MR) is 124 cm³/mol. The molecule has 0 atom stereocenters. The zero-order chi connectivity index (χ0) is 22.0. The zero-order valence-electron chi connectivity index (χ0n) is 17.0. The van der Waals surface area contributed by atoms with Crippen LogP contribution in [0.2, 0.25) is 0 Å². The fraction of sp³-hybridized carbons (Fsp3) is 0.333. The van der Waals surface area contributed by atoms with Crippen molar-refractivity contribution in [1.82, 2.24) is 4.31 Å². The second-order valence-electron chi connectivity index (χ2n) is 7.39. The monoisotopic (exact) mass is 477 g/mol. The first-order chi connectivity index (χ1) is 14.9. The molecule has 0 aromatic heterocycles. The minimum absolute atomic E-state index is 0.0798. The Bertz CT molecular complexity index is 1110. The lowest BCUT2D eigenvalue weighted by atomic mass is 9.97. The minimum Gasteiger partial charge on any atom is -0.326 e. The summed E-state index contributed by atoms with van der Waals surface area (Å²) in [6.07, 6.45) is 2.90. The van der Waals surface area contributed by atoms with Crippen molar-refractivity contribution >= 4 is 56.7 Å². The Morgan fingerprint density at radius 1 is 1.19 bits per heavy atom. The highest BCUT2D eigenvalue weighted by Gasteiger charge is 2.33. The Kier molecular flexibility index (Phi) is 6.61. The van der Waals surface area contributed by atoms with Gasteiger partial charge in [0, 0.05) is 34.5 Å². The van der Waals surface area contributed by atoms with Crippen molar-refractivity contribution < 1.29 is 18.0 Å². The summed E-state index contributed by atoms with van der Waals surface area (Å²) in [7, 11) is -3.69. The molecule has 7 nitrogen and oxygen atoms in total. The molecule has 2 heterocycles. The van der Waals surface area contributed by atoms with Crippen molar-refractivity contribution in [2.75, 3.05) is 35.7 Å². The van der Waals surface area contributed by atoms with E-state index in [1.165, 1.54) is 22.1 Å². The van der Waals surface area contributed by atoms with Crippen LogP contribution in [0.5, 0.6) is 0 Å². The predicted octanol–water partition coefficient (Wildman–Crippen LogP) is 3.49. The van der Waals surface area contributed by atoms with Crippen LogP contribution >= 0.6 is 23.5 Å². The first-order valence-electron chi connectivity index (χ1n) is 9.88. The fourth-order valence-corrected chi connectivity index (χ4v) is 6.42. The molecule has 31 heavy (non-hydrogen) atoms. The molecule has 2 aromatic rings. The summed E-state index contributed by atoms with van der Waals surface area (Å²) >= 11 is 3.00. The maximum atomic E-state index is 13.1. The van der Waals surface area contributed by atoms with Crippen molar-refractivity contribution in [3.8, 4) is 0 Å². The molecule has 2 amide bonds. The fourth-order valence-electron chi connectivity index (χ4n) is 3.68. The van der Waals surface area contributed by atoms with Gasteiger partial charge in [-0.1, -0.05) is 6.07 Å². The van der Waals surface area contributed by atoms with E-state index in [-0.39, 0.29) is 35.7 Å². The van der Waals surface area contributed by atoms with E-state index in [4.69, 9.17) is 0 Å². The second kappa shape index (κ2) is 9.23. The molecule has 0 spiro atoms. The van der Waals surface area contributed by atoms with Crippen molar-refractivity contribution in [2.45, 2.75) is 27.5 Å². The summed E-state index contributed by atoms with van der Waals surface area (Å²) in [4.78, 5) is 26.4. The van der Waals surface area contributed by atoms with Gasteiger partial charge in [-0.05, 0) is 55.5 Å². The number of nitrogens with one attached hydrogen (secondary N) is 2. The lowest BCUT2D eigenvalue weighted by Gasteiger charge is -2.31. The van der Waals surface area contributed by atoms with Gasteiger partial charge in [0.05, 0.1) is 16.3 Å². The third kappa shape index (κ3) is 4.92. The molecular formula is C21H23N3O4S3. The van der Waals surface area contributed by atoms with E-state index >= 15 is 0 Å². The number of anilines is 2. The number of sulfonamides is 1. The van der Waals surface area contributed by atoms with Crippen molar-refractivity contribution in [3.63, 3.8) is 0 Å². The summed E-state index contributed by atoms with van der Waals surface area (Å²) in [5.41, 5.74) is 1.28. The van der Waals surface area contributed by atoms with Crippen LogP contribution < -0.4 is 10.6 Å². The summed E-state index contributed by atoms with van der Waals surface area (Å²) in [6.45, 7) is 0.562. The van der Waals surface area contributed by atoms with Gasteiger partial charge in [-0.25, -0.2) is 8.42 Å². The quantitative estimate of drug-likeness (QED) is 0.640. The first kappa shape index (κ1) is 22.2. The Labute approximate surface area is 190 Å². The molecule has 2 aliphatic heterocycles.